The number of carbonyl (C=O) groups excluding carboxylic acids is 1. The van der Waals surface area contributed by atoms with Crippen molar-refractivity contribution in [2.75, 3.05) is 36.9 Å². The number of pyridine rings is 1. The minimum absolute atomic E-state index is 0.00977. The third-order valence-electron chi connectivity index (χ3n) is 6.68. The maximum absolute atomic E-state index is 15.0. The van der Waals surface area contributed by atoms with Gasteiger partial charge in [-0.05, 0) is 42.3 Å². The van der Waals surface area contributed by atoms with Crippen LogP contribution in [0.3, 0.4) is 0 Å². The number of aliphatic hydroxyl groups excluding tert-OH is 2. The Labute approximate surface area is 256 Å². The molecule has 2 amide bonds. The van der Waals surface area contributed by atoms with Gasteiger partial charge in [0.05, 0.1) is 30.3 Å². The number of carbonyl (C=O) groups is 1. The second kappa shape index (κ2) is 14.9. The molecule has 0 unspecified atom stereocenters. The molecule has 0 aliphatic rings. The number of aliphatic hydroxyl groups is 2. The molecular formula is C32H40FN7O4. The quantitative estimate of drug-likeness (QED) is 0.121. The number of ether oxygens (including phenoxy) is 1. The van der Waals surface area contributed by atoms with Crippen LogP contribution in [0.1, 0.15) is 43.3 Å². The summed E-state index contributed by atoms with van der Waals surface area (Å²) in [6.07, 6.45) is 1.61. The number of rotatable bonds is 13. The molecule has 0 aliphatic carbocycles. The maximum atomic E-state index is 15.0. The summed E-state index contributed by atoms with van der Waals surface area (Å²) in [5, 5.41) is 35.3. The lowest BCUT2D eigenvalue weighted by Crippen LogP contribution is -2.24. The molecule has 11 nitrogen and oxygen atoms in total. The highest BCUT2D eigenvalue weighted by Gasteiger charge is 2.23. The number of nitrogens with zero attached hydrogens (tertiary/aromatic N) is 3. The fourth-order valence-corrected chi connectivity index (χ4v) is 4.45. The summed E-state index contributed by atoms with van der Waals surface area (Å²) < 4.78 is 22.4. The molecule has 6 N–H and O–H groups in total. The van der Waals surface area contributed by atoms with E-state index in [0.717, 1.165) is 28.2 Å². The van der Waals surface area contributed by atoms with E-state index in [1.165, 1.54) is 12.1 Å². The highest BCUT2D eigenvalue weighted by atomic mass is 19.1. The van der Waals surface area contributed by atoms with Crippen LogP contribution < -0.4 is 26.0 Å². The van der Waals surface area contributed by atoms with Crippen LogP contribution in [-0.2, 0) is 18.5 Å². The lowest BCUT2D eigenvalue weighted by molar-refractivity contribution is 0.262. The standard InChI is InChI=1S/C32H40FN7O4/c1-21-16-24(10-11-36-21)44-23-8-9-27(26(33)17-23)37-31(43)38-30-18-29(32(2,3)4)39-40(30)28-7-5-6-22(19-34-12-14-41)25(28)20-35-13-15-42/h5-11,16-18,34-35,41-42H,12-15,19-20H2,1-4H3,(H2,37,38,43). The summed E-state index contributed by atoms with van der Waals surface area (Å²) in [5.74, 6) is 0.539. The van der Waals surface area contributed by atoms with E-state index in [-0.39, 0.29) is 30.1 Å². The molecule has 0 atom stereocenters. The van der Waals surface area contributed by atoms with Gasteiger partial charge in [0.25, 0.3) is 0 Å². The molecule has 0 aliphatic heterocycles. The van der Waals surface area contributed by atoms with Gasteiger partial charge in [-0.15, -0.1) is 0 Å². The molecular weight excluding hydrogens is 565 g/mol. The molecule has 4 aromatic rings. The summed E-state index contributed by atoms with van der Waals surface area (Å²) in [7, 11) is 0. The number of amides is 2. The van der Waals surface area contributed by atoms with Gasteiger partial charge in [-0.25, -0.2) is 13.9 Å². The summed E-state index contributed by atoms with van der Waals surface area (Å²) in [6.45, 7) is 9.66. The first-order chi connectivity index (χ1) is 21.1. The predicted octanol–water partition coefficient (Wildman–Crippen LogP) is 4.61. The smallest absolute Gasteiger partial charge is 0.324 e. The number of anilines is 2. The number of halogens is 1. The Bertz CT molecular complexity index is 1570. The third kappa shape index (κ3) is 8.60. The van der Waals surface area contributed by atoms with Gasteiger partial charge in [0, 0.05) is 61.7 Å². The van der Waals surface area contributed by atoms with E-state index < -0.39 is 11.8 Å². The molecule has 2 heterocycles. The SMILES string of the molecule is Cc1cc(Oc2ccc(NC(=O)Nc3cc(C(C)(C)C)nn3-c3cccc(CNCCO)c3CNCCO)c(F)c2)ccn1. The second-order valence-electron chi connectivity index (χ2n) is 11.2. The van der Waals surface area contributed by atoms with Gasteiger partial charge < -0.3 is 30.9 Å². The Morgan fingerprint density at radius 3 is 2.36 bits per heavy atom. The Morgan fingerprint density at radius 2 is 1.68 bits per heavy atom. The third-order valence-corrected chi connectivity index (χ3v) is 6.68. The van der Waals surface area contributed by atoms with Crippen molar-refractivity contribution in [2.24, 2.45) is 0 Å². The van der Waals surface area contributed by atoms with Crippen molar-refractivity contribution in [3.8, 4) is 17.2 Å². The Kier molecular flexibility index (Phi) is 11.0. The largest absolute Gasteiger partial charge is 0.457 e. The average molecular weight is 606 g/mol. The highest BCUT2D eigenvalue weighted by Crippen LogP contribution is 2.30. The number of aromatic nitrogens is 3. The molecule has 0 spiro atoms. The molecule has 234 valence electrons. The van der Waals surface area contributed by atoms with Crippen LogP contribution in [0, 0.1) is 12.7 Å². The van der Waals surface area contributed by atoms with E-state index in [2.05, 4.69) is 26.3 Å². The van der Waals surface area contributed by atoms with E-state index in [4.69, 9.17) is 9.84 Å². The number of urea groups is 1. The van der Waals surface area contributed by atoms with Crippen molar-refractivity contribution >= 4 is 17.5 Å². The van der Waals surface area contributed by atoms with Crippen LogP contribution in [0.15, 0.2) is 60.8 Å². The van der Waals surface area contributed by atoms with Crippen LogP contribution in [0.5, 0.6) is 11.5 Å². The molecule has 0 bridgehead atoms. The zero-order valence-electron chi connectivity index (χ0n) is 25.4. The molecule has 2 aromatic carbocycles. The van der Waals surface area contributed by atoms with Gasteiger partial charge in [-0.3, -0.25) is 10.3 Å². The predicted molar refractivity (Wildman–Crippen MR) is 168 cm³/mol. The van der Waals surface area contributed by atoms with Gasteiger partial charge >= 0.3 is 6.03 Å². The summed E-state index contributed by atoms with van der Waals surface area (Å²) >= 11 is 0. The molecule has 44 heavy (non-hydrogen) atoms. The van der Waals surface area contributed by atoms with Gasteiger partial charge in [-0.1, -0.05) is 32.9 Å². The minimum Gasteiger partial charge on any atom is -0.457 e. The molecule has 0 radical (unpaired) electrons. The van der Waals surface area contributed by atoms with E-state index in [9.17, 15) is 15.0 Å². The van der Waals surface area contributed by atoms with Gasteiger partial charge in [-0.2, -0.15) is 5.10 Å². The number of hydrogen-bond donors (Lipinski definition) is 6. The van der Waals surface area contributed by atoms with E-state index in [1.54, 1.807) is 35.1 Å². The monoisotopic (exact) mass is 605 g/mol. The molecule has 12 heteroatoms. The van der Waals surface area contributed by atoms with Crippen LogP contribution in [0.2, 0.25) is 0 Å². The van der Waals surface area contributed by atoms with Crippen molar-refractivity contribution in [1.82, 2.24) is 25.4 Å². The van der Waals surface area contributed by atoms with Crippen molar-refractivity contribution in [3.63, 3.8) is 0 Å². The Balaban J connectivity index is 1.60. The Hall–Kier alpha value is -4.36. The maximum Gasteiger partial charge on any atom is 0.324 e. The highest BCUT2D eigenvalue weighted by molar-refractivity contribution is 5.99. The first kappa shape index (κ1) is 32.6. The first-order valence-electron chi connectivity index (χ1n) is 14.4. The van der Waals surface area contributed by atoms with Crippen LogP contribution in [-0.4, -0.2) is 57.3 Å². The average Bonchev–Trinajstić information content (AvgIpc) is 3.39. The first-order valence-corrected chi connectivity index (χ1v) is 14.4. The molecule has 2 aromatic heterocycles. The van der Waals surface area contributed by atoms with Crippen LogP contribution >= 0.6 is 0 Å². The number of benzene rings is 2. The van der Waals surface area contributed by atoms with E-state index >= 15 is 4.39 Å². The lowest BCUT2D eigenvalue weighted by atomic mass is 9.92. The van der Waals surface area contributed by atoms with E-state index in [1.807, 2.05) is 45.9 Å². The summed E-state index contributed by atoms with van der Waals surface area (Å²) in [6, 6.07) is 14.5. The van der Waals surface area contributed by atoms with Crippen molar-refractivity contribution in [3.05, 3.63) is 89.1 Å². The van der Waals surface area contributed by atoms with Crippen molar-refractivity contribution in [2.45, 2.75) is 46.2 Å². The van der Waals surface area contributed by atoms with Crippen LogP contribution in [0.4, 0.5) is 20.7 Å². The van der Waals surface area contributed by atoms with Gasteiger partial charge in [0.2, 0.25) is 0 Å². The van der Waals surface area contributed by atoms with Crippen molar-refractivity contribution in [1.29, 1.82) is 0 Å². The molecule has 4 rings (SSSR count). The van der Waals surface area contributed by atoms with E-state index in [0.29, 0.717) is 37.7 Å². The Morgan fingerprint density at radius 1 is 0.955 bits per heavy atom. The number of hydrogen-bond acceptors (Lipinski definition) is 8. The minimum atomic E-state index is -0.660. The number of aryl methyl sites for hydroxylation is 1. The normalized spacial score (nSPS) is 11.4. The summed E-state index contributed by atoms with van der Waals surface area (Å²) in [5.41, 5.74) is 3.76. The lowest BCUT2D eigenvalue weighted by Gasteiger charge is -2.18. The molecule has 0 saturated carbocycles. The van der Waals surface area contributed by atoms with Crippen molar-refractivity contribution < 1.29 is 24.1 Å². The summed E-state index contributed by atoms with van der Waals surface area (Å²) in [4.78, 5) is 17.3. The fourth-order valence-electron chi connectivity index (χ4n) is 4.45. The van der Waals surface area contributed by atoms with Gasteiger partial charge in [0.15, 0.2) is 0 Å². The zero-order chi connectivity index (χ0) is 31.7. The molecule has 0 fully saturated rings. The topological polar surface area (TPSA) is 146 Å². The second-order valence-corrected chi connectivity index (χ2v) is 11.2. The fraction of sp³-hybridized carbons (Fsp3) is 0.344. The van der Waals surface area contributed by atoms with Crippen LogP contribution in [0.25, 0.3) is 5.69 Å². The van der Waals surface area contributed by atoms with Gasteiger partial charge in [0.1, 0.15) is 23.1 Å². The number of nitrogens with one attached hydrogen (secondary N) is 4. The zero-order valence-corrected chi connectivity index (χ0v) is 25.4. The molecule has 0 saturated heterocycles.